The van der Waals surface area contributed by atoms with Crippen LogP contribution in [0.4, 0.5) is 5.13 Å². The van der Waals surface area contributed by atoms with Gasteiger partial charge in [-0.3, -0.25) is 9.69 Å². The second kappa shape index (κ2) is 8.76. The van der Waals surface area contributed by atoms with Crippen molar-refractivity contribution in [2.75, 3.05) is 32.1 Å². The molecule has 2 aromatic heterocycles. The largest absolute Gasteiger partial charge is 0.308 e. The number of thiazole rings is 1. The summed E-state index contributed by atoms with van der Waals surface area (Å²) >= 11 is 9.53. The Labute approximate surface area is 182 Å². The monoisotopic (exact) mass is 451 g/mol. The van der Waals surface area contributed by atoms with Crippen LogP contribution in [0.15, 0.2) is 48.5 Å². The Morgan fingerprint density at radius 1 is 1.00 bits per heavy atom. The van der Waals surface area contributed by atoms with Gasteiger partial charge in [0.25, 0.3) is 5.91 Å². The number of rotatable bonds is 5. The molecule has 0 bridgehead atoms. The van der Waals surface area contributed by atoms with Gasteiger partial charge >= 0.3 is 0 Å². The molecular weight excluding hydrogens is 433 g/mol. The number of fused-ring (bicyclic) bond motifs is 2. The van der Waals surface area contributed by atoms with Crippen molar-refractivity contribution in [1.29, 1.82) is 0 Å². The number of likely N-dealkylation sites (N-methyl/N-ethyl adjacent to an activating group) is 1. The highest BCUT2D eigenvalue weighted by Gasteiger charge is 2.26. The first-order valence-corrected chi connectivity index (χ1v) is 10.5. The zero-order valence-electron chi connectivity index (χ0n) is 15.4. The molecule has 0 saturated carbocycles. The second-order valence-corrected chi connectivity index (χ2v) is 8.90. The van der Waals surface area contributed by atoms with Crippen LogP contribution in [0.2, 0.25) is 5.02 Å². The fourth-order valence-corrected chi connectivity index (χ4v) is 5.28. The molecule has 0 aliphatic rings. The third kappa shape index (κ3) is 4.02. The van der Waals surface area contributed by atoms with Gasteiger partial charge in [0.05, 0.1) is 15.2 Å². The van der Waals surface area contributed by atoms with E-state index in [9.17, 15) is 4.79 Å². The van der Waals surface area contributed by atoms with Gasteiger partial charge in [-0.1, -0.05) is 53.3 Å². The maximum absolute atomic E-state index is 13.4. The van der Waals surface area contributed by atoms with Crippen LogP contribution in [-0.4, -0.2) is 43.0 Å². The van der Waals surface area contributed by atoms with Crippen molar-refractivity contribution in [2.45, 2.75) is 0 Å². The summed E-state index contributed by atoms with van der Waals surface area (Å²) in [7, 11) is 3.99. The van der Waals surface area contributed by atoms with Gasteiger partial charge in [-0.05, 0) is 32.3 Å². The van der Waals surface area contributed by atoms with E-state index in [4.69, 9.17) is 11.6 Å². The van der Waals surface area contributed by atoms with Crippen LogP contribution in [0.5, 0.6) is 0 Å². The lowest BCUT2D eigenvalue weighted by Crippen LogP contribution is -2.36. The van der Waals surface area contributed by atoms with Gasteiger partial charge in [0, 0.05) is 23.2 Å². The predicted octanol–water partition coefficient (Wildman–Crippen LogP) is 5.79. The van der Waals surface area contributed by atoms with Gasteiger partial charge in [-0.25, -0.2) is 4.98 Å². The SMILES string of the molecule is CN(C)CCN(C(=O)c1sc2ccccc2c1Cl)c1nc2ccccc2s1.Cl. The molecule has 0 atom stereocenters. The summed E-state index contributed by atoms with van der Waals surface area (Å²) in [5.41, 5.74) is 0.905. The molecule has 8 heteroatoms. The lowest BCUT2D eigenvalue weighted by Gasteiger charge is -2.21. The number of halogens is 2. The van der Waals surface area contributed by atoms with E-state index in [0.29, 0.717) is 21.6 Å². The minimum atomic E-state index is -0.0953. The van der Waals surface area contributed by atoms with E-state index in [1.54, 1.807) is 4.90 Å². The number of carbonyl (C=O) groups excluding carboxylic acids is 1. The van der Waals surface area contributed by atoms with Crippen molar-refractivity contribution in [1.82, 2.24) is 9.88 Å². The molecule has 4 aromatic rings. The highest BCUT2D eigenvalue weighted by molar-refractivity contribution is 7.23. The third-order valence-corrected chi connectivity index (χ3v) is 6.98. The van der Waals surface area contributed by atoms with E-state index in [1.165, 1.54) is 22.7 Å². The van der Waals surface area contributed by atoms with Crippen LogP contribution in [0.25, 0.3) is 20.3 Å². The number of nitrogens with zero attached hydrogens (tertiary/aromatic N) is 3. The Kier molecular flexibility index (Phi) is 6.58. The predicted molar refractivity (Wildman–Crippen MR) is 124 cm³/mol. The Balaban J connectivity index is 0.00000225. The van der Waals surface area contributed by atoms with Crippen LogP contribution < -0.4 is 4.90 Å². The number of thiophene rings is 1. The van der Waals surface area contributed by atoms with Gasteiger partial charge in [0.15, 0.2) is 5.13 Å². The summed E-state index contributed by atoms with van der Waals surface area (Å²) in [5.74, 6) is -0.0953. The van der Waals surface area contributed by atoms with Crippen LogP contribution in [0.3, 0.4) is 0 Å². The first-order valence-electron chi connectivity index (χ1n) is 8.54. The van der Waals surface area contributed by atoms with Crippen molar-refractivity contribution in [3.63, 3.8) is 0 Å². The molecule has 0 saturated heterocycles. The molecule has 0 fully saturated rings. The normalized spacial score (nSPS) is 11.1. The van der Waals surface area contributed by atoms with Crippen LogP contribution in [0, 0.1) is 0 Å². The van der Waals surface area contributed by atoms with Crippen LogP contribution >= 0.6 is 46.7 Å². The maximum atomic E-state index is 13.4. The fourth-order valence-electron chi connectivity index (χ4n) is 2.83. The zero-order valence-corrected chi connectivity index (χ0v) is 18.6. The minimum absolute atomic E-state index is 0. The van der Waals surface area contributed by atoms with Gasteiger partial charge < -0.3 is 4.90 Å². The van der Waals surface area contributed by atoms with Crippen molar-refractivity contribution in [2.24, 2.45) is 0 Å². The number of aromatic nitrogens is 1. The van der Waals surface area contributed by atoms with Gasteiger partial charge in [0.1, 0.15) is 4.88 Å². The molecule has 0 aliphatic carbocycles. The molecule has 28 heavy (non-hydrogen) atoms. The summed E-state index contributed by atoms with van der Waals surface area (Å²) in [5, 5.41) is 2.15. The van der Waals surface area contributed by atoms with E-state index < -0.39 is 0 Å². The Hall–Kier alpha value is -1.70. The van der Waals surface area contributed by atoms with E-state index in [-0.39, 0.29) is 18.3 Å². The summed E-state index contributed by atoms with van der Waals surface area (Å²) in [6.07, 6.45) is 0. The molecule has 4 rings (SSSR count). The minimum Gasteiger partial charge on any atom is -0.308 e. The van der Waals surface area contributed by atoms with E-state index in [2.05, 4.69) is 9.88 Å². The Morgan fingerprint density at radius 3 is 2.36 bits per heavy atom. The number of carbonyl (C=O) groups is 1. The first-order chi connectivity index (χ1) is 13.0. The average Bonchev–Trinajstić information content (AvgIpc) is 3.23. The molecule has 2 heterocycles. The summed E-state index contributed by atoms with van der Waals surface area (Å²) in [6, 6.07) is 15.8. The number of anilines is 1. The lowest BCUT2D eigenvalue weighted by molar-refractivity contribution is 0.0989. The molecule has 4 nitrogen and oxygen atoms in total. The topological polar surface area (TPSA) is 36.4 Å². The molecule has 0 radical (unpaired) electrons. The molecule has 2 aromatic carbocycles. The number of amides is 1. The summed E-state index contributed by atoms with van der Waals surface area (Å²) < 4.78 is 2.08. The standard InChI is InChI=1S/C20H18ClN3OS2.ClH/c1-23(2)11-12-24(20-22-14-8-4-6-10-16(14)27-20)19(25)18-17(21)13-7-3-5-9-15(13)26-18;/h3-10H,11-12H2,1-2H3;1H. The van der Waals surface area contributed by atoms with Gasteiger partial charge in [0.2, 0.25) is 0 Å². The molecule has 0 unspecified atom stereocenters. The average molecular weight is 452 g/mol. The molecule has 1 amide bonds. The smallest absolute Gasteiger partial charge is 0.271 e. The van der Waals surface area contributed by atoms with E-state index in [1.807, 2.05) is 62.6 Å². The number of hydrogen-bond acceptors (Lipinski definition) is 5. The van der Waals surface area contributed by atoms with E-state index in [0.717, 1.165) is 26.8 Å². The van der Waals surface area contributed by atoms with Crippen molar-refractivity contribution >= 4 is 78.0 Å². The highest BCUT2D eigenvalue weighted by Crippen LogP contribution is 2.37. The Bertz CT molecular complexity index is 1090. The quantitative estimate of drug-likeness (QED) is 0.384. The second-order valence-electron chi connectivity index (χ2n) is 6.47. The number of para-hydroxylation sites is 1. The number of benzene rings is 2. The maximum Gasteiger partial charge on any atom is 0.271 e. The fraction of sp³-hybridized carbons (Fsp3) is 0.200. The Morgan fingerprint density at radius 2 is 1.68 bits per heavy atom. The molecule has 0 aliphatic heterocycles. The zero-order chi connectivity index (χ0) is 19.0. The van der Waals surface area contributed by atoms with E-state index >= 15 is 0 Å². The van der Waals surface area contributed by atoms with Gasteiger partial charge in [-0.2, -0.15) is 0 Å². The van der Waals surface area contributed by atoms with Crippen molar-refractivity contribution in [3.8, 4) is 0 Å². The molecular formula is C20H19Cl2N3OS2. The lowest BCUT2D eigenvalue weighted by atomic mass is 10.2. The molecule has 146 valence electrons. The van der Waals surface area contributed by atoms with Crippen molar-refractivity contribution < 1.29 is 4.79 Å². The first kappa shape index (κ1) is 21.0. The molecule has 0 N–H and O–H groups in total. The molecule has 0 spiro atoms. The third-order valence-electron chi connectivity index (χ3n) is 4.26. The number of hydrogen-bond donors (Lipinski definition) is 0. The van der Waals surface area contributed by atoms with Crippen molar-refractivity contribution in [3.05, 3.63) is 58.4 Å². The highest BCUT2D eigenvalue weighted by atomic mass is 35.5. The van der Waals surface area contributed by atoms with Gasteiger partial charge in [-0.15, -0.1) is 23.7 Å². The van der Waals surface area contributed by atoms with Crippen LogP contribution in [0.1, 0.15) is 9.67 Å². The van der Waals surface area contributed by atoms with Crippen LogP contribution in [-0.2, 0) is 0 Å². The summed E-state index contributed by atoms with van der Waals surface area (Å²) in [6.45, 7) is 1.29. The summed E-state index contributed by atoms with van der Waals surface area (Å²) in [4.78, 5) is 22.5.